The van der Waals surface area contributed by atoms with Crippen molar-refractivity contribution < 1.29 is 4.74 Å². The maximum absolute atomic E-state index is 5.59. The predicted octanol–water partition coefficient (Wildman–Crippen LogP) is 3.70. The second-order valence-corrected chi connectivity index (χ2v) is 6.30. The van der Waals surface area contributed by atoms with Crippen LogP contribution in [-0.2, 0) is 10.1 Å². The van der Waals surface area contributed by atoms with Crippen LogP contribution in [0, 0.1) is 0 Å². The van der Waals surface area contributed by atoms with E-state index >= 15 is 0 Å². The van der Waals surface area contributed by atoms with E-state index in [1.165, 1.54) is 16.4 Å². The van der Waals surface area contributed by atoms with Crippen LogP contribution in [0.25, 0.3) is 0 Å². The third kappa shape index (κ3) is 3.99. The number of hydrogen-bond donors (Lipinski definition) is 0. The van der Waals surface area contributed by atoms with E-state index in [0.29, 0.717) is 15.0 Å². The molecule has 94 valence electrons. The van der Waals surface area contributed by atoms with Crippen LogP contribution in [0.3, 0.4) is 0 Å². The standard InChI is InChI=1S/C16H18OSe/c1-17-16(15-10-6-3-7-11-15)13-18-12-14-8-4-2-5-9-14/h2-11,16H,12-13H2,1H3. The molecule has 1 nitrogen and oxygen atoms in total. The Bertz CT molecular complexity index is 441. The molecular weight excluding hydrogens is 287 g/mol. The molecule has 0 aromatic heterocycles. The van der Waals surface area contributed by atoms with Gasteiger partial charge in [0.1, 0.15) is 0 Å². The Balaban J connectivity index is 1.85. The maximum atomic E-state index is 5.59. The van der Waals surface area contributed by atoms with Crippen molar-refractivity contribution in [2.75, 3.05) is 7.11 Å². The third-order valence-electron chi connectivity index (χ3n) is 2.84. The molecule has 0 aliphatic heterocycles. The molecule has 0 aliphatic carbocycles. The van der Waals surface area contributed by atoms with Gasteiger partial charge in [-0.1, -0.05) is 0 Å². The van der Waals surface area contributed by atoms with Crippen molar-refractivity contribution in [1.82, 2.24) is 0 Å². The van der Waals surface area contributed by atoms with Crippen LogP contribution >= 0.6 is 0 Å². The summed E-state index contributed by atoms with van der Waals surface area (Å²) in [6, 6.07) is 21.2. The Morgan fingerprint density at radius 1 is 0.944 bits per heavy atom. The number of hydrogen-bond acceptors (Lipinski definition) is 1. The molecule has 2 aromatic carbocycles. The van der Waals surface area contributed by atoms with Crippen molar-refractivity contribution in [2.24, 2.45) is 0 Å². The Morgan fingerprint density at radius 3 is 2.17 bits per heavy atom. The molecule has 0 spiro atoms. The fourth-order valence-corrected chi connectivity index (χ4v) is 4.11. The van der Waals surface area contributed by atoms with Gasteiger partial charge in [0.25, 0.3) is 0 Å². The molecule has 0 heterocycles. The average Bonchev–Trinajstić information content (AvgIpc) is 2.46. The normalized spacial score (nSPS) is 12.3. The number of ether oxygens (including phenoxy) is 1. The minimum atomic E-state index is 0.245. The first-order chi connectivity index (χ1) is 8.90. The fraction of sp³-hybridized carbons (Fsp3) is 0.250. The van der Waals surface area contributed by atoms with Gasteiger partial charge < -0.3 is 0 Å². The molecule has 0 N–H and O–H groups in total. The molecule has 2 rings (SSSR count). The van der Waals surface area contributed by atoms with E-state index in [1.807, 2.05) is 6.07 Å². The Kier molecular flexibility index (Phi) is 5.47. The van der Waals surface area contributed by atoms with E-state index in [1.54, 1.807) is 7.11 Å². The van der Waals surface area contributed by atoms with Gasteiger partial charge in [-0.05, 0) is 0 Å². The van der Waals surface area contributed by atoms with Crippen LogP contribution in [0.4, 0.5) is 0 Å². The first-order valence-electron chi connectivity index (χ1n) is 6.09. The molecule has 2 aromatic rings. The van der Waals surface area contributed by atoms with E-state index in [-0.39, 0.29) is 6.10 Å². The summed E-state index contributed by atoms with van der Waals surface area (Å²) in [6.07, 6.45) is 0.245. The summed E-state index contributed by atoms with van der Waals surface area (Å²) in [5, 5.41) is 2.31. The predicted molar refractivity (Wildman–Crippen MR) is 76.9 cm³/mol. The van der Waals surface area contributed by atoms with Crippen LogP contribution in [-0.4, -0.2) is 22.1 Å². The van der Waals surface area contributed by atoms with Crippen molar-refractivity contribution >= 4 is 15.0 Å². The van der Waals surface area contributed by atoms with Crippen molar-refractivity contribution in [3.05, 3.63) is 71.8 Å². The van der Waals surface area contributed by atoms with Gasteiger partial charge in [-0.15, -0.1) is 0 Å². The van der Waals surface area contributed by atoms with Gasteiger partial charge in [0, 0.05) is 0 Å². The SMILES string of the molecule is COC(C[Se]Cc1ccccc1)c1ccccc1. The van der Waals surface area contributed by atoms with E-state index in [9.17, 15) is 0 Å². The van der Waals surface area contributed by atoms with Gasteiger partial charge >= 0.3 is 115 Å². The van der Waals surface area contributed by atoms with Gasteiger partial charge in [-0.2, -0.15) is 0 Å². The topological polar surface area (TPSA) is 9.23 Å². The van der Waals surface area contributed by atoms with Crippen LogP contribution in [0.1, 0.15) is 17.2 Å². The Hall–Kier alpha value is -1.08. The van der Waals surface area contributed by atoms with Crippen LogP contribution in [0.2, 0.25) is 5.32 Å². The molecule has 1 atom stereocenters. The zero-order chi connectivity index (χ0) is 12.6. The first kappa shape index (κ1) is 13.4. The quantitative estimate of drug-likeness (QED) is 0.740. The Labute approximate surface area is 115 Å². The summed E-state index contributed by atoms with van der Waals surface area (Å²) in [6.45, 7) is 0. The van der Waals surface area contributed by atoms with E-state index in [4.69, 9.17) is 4.74 Å². The molecule has 0 fully saturated rings. The second kappa shape index (κ2) is 7.38. The molecule has 2 heteroatoms. The van der Waals surface area contributed by atoms with E-state index in [0.717, 1.165) is 5.32 Å². The fourth-order valence-electron chi connectivity index (χ4n) is 1.83. The average molecular weight is 305 g/mol. The monoisotopic (exact) mass is 306 g/mol. The molecule has 0 saturated heterocycles. The summed E-state index contributed by atoms with van der Waals surface area (Å²) in [5.41, 5.74) is 2.72. The summed E-state index contributed by atoms with van der Waals surface area (Å²) < 4.78 is 5.59. The van der Waals surface area contributed by atoms with Gasteiger partial charge in [0.15, 0.2) is 0 Å². The molecular formula is C16H18OSe. The molecule has 18 heavy (non-hydrogen) atoms. The molecule has 0 radical (unpaired) electrons. The first-order valence-corrected chi connectivity index (χ1v) is 8.52. The molecule has 0 amide bonds. The van der Waals surface area contributed by atoms with Crippen LogP contribution in [0.15, 0.2) is 60.7 Å². The summed E-state index contributed by atoms with van der Waals surface area (Å²) in [4.78, 5) is 0. The van der Waals surface area contributed by atoms with Crippen molar-refractivity contribution in [2.45, 2.75) is 16.7 Å². The Morgan fingerprint density at radius 2 is 1.56 bits per heavy atom. The van der Waals surface area contributed by atoms with Gasteiger partial charge in [0.05, 0.1) is 0 Å². The third-order valence-corrected chi connectivity index (χ3v) is 5.09. The number of rotatable bonds is 6. The van der Waals surface area contributed by atoms with Crippen LogP contribution < -0.4 is 0 Å². The number of methoxy groups -OCH3 is 1. The summed E-state index contributed by atoms with van der Waals surface area (Å²) in [5.74, 6) is 0. The summed E-state index contributed by atoms with van der Waals surface area (Å²) in [7, 11) is 1.80. The molecule has 0 saturated carbocycles. The van der Waals surface area contributed by atoms with Gasteiger partial charge in [-0.3, -0.25) is 0 Å². The minimum absolute atomic E-state index is 0.245. The van der Waals surface area contributed by atoms with E-state index in [2.05, 4.69) is 54.6 Å². The van der Waals surface area contributed by atoms with Gasteiger partial charge in [0.2, 0.25) is 0 Å². The number of benzene rings is 2. The molecule has 0 bridgehead atoms. The van der Waals surface area contributed by atoms with Crippen molar-refractivity contribution in [3.8, 4) is 0 Å². The van der Waals surface area contributed by atoms with E-state index < -0.39 is 0 Å². The zero-order valence-electron chi connectivity index (χ0n) is 10.6. The summed E-state index contributed by atoms with van der Waals surface area (Å²) >= 11 is 0.581. The second-order valence-electron chi connectivity index (χ2n) is 4.14. The van der Waals surface area contributed by atoms with Crippen molar-refractivity contribution in [1.29, 1.82) is 0 Å². The van der Waals surface area contributed by atoms with Crippen molar-refractivity contribution in [3.63, 3.8) is 0 Å². The van der Waals surface area contributed by atoms with Crippen LogP contribution in [0.5, 0.6) is 0 Å². The zero-order valence-corrected chi connectivity index (χ0v) is 12.3. The molecule has 0 aliphatic rings. The van der Waals surface area contributed by atoms with Gasteiger partial charge in [-0.25, -0.2) is 0 Å². The molecule has 1 unspecified atom stereocenters.